The van der Waals surface area contributed by atoms with Crippen LogP contribution in [0.1, 0.15) is 11.3 Å². The van der Waals surface area contributed by atoms with Crippen LogP contribution in [-0.4, -0.2) is 14.3 Å². The zero-order valence-electron chi connectivity index (χ0n) is 8.06. The maximum atomic E-state index is 9.95. The molecule has 0 aliphatic heterocycles. The number of aryl methyl sites for hydroxylation is 1. The van der Waals surface area contributed by atoms with Gasteiger partial charge in [-0.1, -0.05) is 24.4 Å². The van der Waals surface area contributed by atoms with E-state index in [1.54, 1.807) is 6.07 Å². The Morgan fingerprint density at radius 3 is 2.67 bits per heavy atom. The van der Waals surface area contributed by atoms with E-state index < -0.39 is 0 Å². The van der Waals surface area contributed by atoms with Crippen LogP contribution in [0.15, 0.2) is 24.3 Å². The molecule has 1 heterocycles. The zero-order chi connectivity index (χ0) is 11.0. The molecule has 0 spiro atoms. The van der Waals surface area contributed by atoms with Crippen LogP contribution >= 0.6 is 24.8 Å². The standard InChI is InChI=1S/C11H9NOS2/c1-6-2-3-7-4-5-8(11(14)15)10(13)9(7)12-6/h2-5,13H,1H3,(H,14,15). The van der Waals surface area contributed by atoms with Crippen LogP contribution in [0.3, 0.4) is 0 Å². The van der Waals surface area contributed by atoms with Crippen molar-refractivity contribution in [3.63, 3.8) is 0 Å². The van der Waals surface area contributed by atoms with E-state index in [4.69, 9.17) is 12.2 Å². The second-order valence-corrected chi connectivity index (χ2v) is 4.45. The van der Waals surface area contributed by atoms with Crippen molar-refractivity contribution in [1.29, 1.82) is 0 Å². The van der Waals surface area contributed by atoms with Gasteiger partial charge >= 0.3 is 0 Å². The van der Waals surface area contributed by atoms with Crippen molar-refractivity contribution >= 4 is 39.9 Å². The predicted octanol–water partition coefficient (Wildman–Crippen LogP) is 2.85. The molecule has 0 unspecified atom stereocenters. The molecule has 2 aromatic rings. The van der Waals surface area contributed by atoms with E-state index >= 15 is 0 Å². The Labute approximate surface area is 98.4 Å². The van der Waals surface area contributed by atoms with Crippen molar-refractivity contribution in [2.75, 3.05) is 0 Å². The number of aromatic hydroxyl groups is 1. The quantitative estimate of drug-likeness (QED) is 0.589. The third-order valence-corrected chi connectivity index (χ3v) is 2.67. The largest absolute Gasteiger partial charge is 0.505 e. The van der Waals surface area contributed by atoms with Gasteiger partial charge in [0, 0.05) is 16.6 Å². The Bertz CT molecular complexity index is 552. The smallest absolute Gasteiger partial charge is 0.150 e. The molecule has 0 saturated carbocycles. The van der Waals surface area contributed by atoms with Crippen LogP contribution < -0.4 is 0 Å². The summed E-state index contributed by atoms with van der Waals surface area (Å²) in [5.41, 5.74) is 1.99. The van der Waals surface area contributed by atoms with E-state index in [9.17, 15) is 5.11 Å². The highest BCUT2D eigenvalue weighted by atomic mass is 32.1. The first-order valence-electron chi connectivity index (χ1n) is 4.42. The lowest BCUT2D eigenvalue weighted by atomic mass is 10.1. The normalized spacial score (nSPS) is 10.5. The SMILES string of the molecule is Cc1ccc2ccc(C(=S)S)c(O)c2n1. The van der Waals surface area contributed by atoms with E-state index in [2.05, 4.69) is 17.6 Å². The third-order valence-electron chi connectivity index (χ3n) is 2.21. The molecule has 1 aromatic carbocycles. The van der Waals surface area contributed by atoms with Gasteiger partial charge in [-0.2, -0.15) is 0 Å². The predicted molar refractivity (Wildman–Crippen MR) is 68.8 cm³/mol. The van der Waals surface area contributed by atoms with Crippen molar-refractivity contribution in [2.24, 2.45) is 0 Å². The summed E-state index contributed by atoms with van der Waals surface area (Å²) >= 11 is 8.97. The van der Waals surface area contributed by atoms with Crippen LogP contribution in [0.5, 0.6) is 5.75 Å². The molecular weight excluding hydrogens is 226 g/mol. The Morgan fingerprint density at radius 2 is 2.00 bits per heavy atom. The first kappa shape index (κ1) is 10.4. The number of hydrogen-bond donors (Lipinski definition) is 2. The number of phenolic OH excluding ortho intramolecular Hbond substituents is 1. The van der Waals surface area contributed by atoms with Crippen LogP contribution in [0.4, 0.5) is 0 Å². The summed E-state index contributed by atoms with van der Waals surface area (Å²) in [5, 5.41) is 10.8. The summed E-state index contributed by atoms with van der Waals surface area (Å²) in [6.45, 7) is 1.88. The molecular formula is C11H9NOS2. The van der Waals surface area contributed by atoms with E-state index in [-0.39, 0.29) is 5.75 Å². The lowest BCUT2D eigenvalue weighted by molar-refractivity contribution is 0.479. The van der Waals surface area contributed by atoms with Gasteiger partial charge in [-0.05, 0) is 19.1 Å². The number of fused-ring (bicyclic) bond motifs is 1. The van der Waals surface area contributed by atoms with E-state index in [1.807, 2.05) is 25.1 Å². The maximum Gasteiger partial charge on any atom is 0.150 e. The Morgan fingerprint density at radius 1 is 1.33 bits per heavy atom. The van der Waals surface area contributed by atoms with Gasteiger partial charge in [0.05, 0.1) is 4.20 Å². The molecule has 15 heavy (non-hydrogen) atoms. The number of benzene rings is 1. The minimum Gasteiger partial charge on any atom is -0.505 e. The number of aromatic nitrogens is 1. The topological polar surface area (TPSA) is 33.1 Å². The molecule has 2 rings (SSSR count). The summed E-state index contributed by atoms with van der Waals surface area (Å²) in [7, 11) is 0. The molecule has 76 valence electrons. The number of thiol groups is 1. The zero-order valence-corrected chi connectivity index (χ0v) is 9.77. The Balaban J connectivity index is 2.82. The van der Waals surface area contributed by atoms with Gasteiger partial charge in [-0.3, -0.25) is 0 Å². The van der Waals surface area contributed by atoms with Crippen LogP contribution in [0.25, 0.3) is 10.9 Å². The summed E-state index contributed by atoms with van der Waals surface area (Å²) < 4.78 is 0.373. The fourth-order valence-electron chi connectivity index (χ4n) is 1.44. The number of hydrogen-bond acceptors (Lipinski definition) is 3. The third kappa shape index (κ3) is 1.82. The molecule has 1 N–H and O–H groups in total. The molecule has 0 bridgehead atoms. The van der Waals surface area contributed by atoms with Gasteiger partial charge in [0.1, 0.15) is 5.52 Å². The first-order chi connectivity index (χ1) is 7.09. The lowest BCUT2D eigenvalue weighted by Gasteiger charge is -2.05. The first-order valence-corrected chi connectivity index (χ1v) is 5.28. The summed E-state index contributed by atoms with van der Waals surface area (Å²) in [6.07, 6.45) is 0. The molecule has 0 amide bonds. The summed E-state index contributed by atoms with van der Waals surface area (Å²) in [6, 6.07) is 7.45. The number of nitrogens with zero attached hydrogens (tertiary/aromatic N) is 1. The second kappa shape index (κ2) is 3.79. The van der Waals surface area contributed by atoms with Crippen molar-refractivity contribution in [3.8, 4) is 5.75 Å². The van der Waals surface area contributed by atoms with Gasteiger partial charge in [0.2, 0.25) is 0 Å². The minimum absolute atomic E-state index is 0.108. The molecule has 0 atom stereocenters. The van der Waals surface area contributed by atoms with E-state index in [0.29, 0.717) is 15.3 Å². The molecule has 2 nitrogen and oxygen atoms in total. The lowest BCUT2D eigenvalue weighted by Crippen LogP contribution is -1.91. The molecule has 0 aliphatic rings. The van der Waals surface area contributed by atoms with Gasteiger partial charge in [-0.25, -0.2) is 4.98 Å². The highest BCUT2D eigenvalue weighted by Gasteiger charge is 2.09. The molecule has 4 heteroatoms. The monoisotopic (exact) mass is 235 g/mol. The maximum absolute atomic E-state index is 9.95. The minimum atomic E-state index is 0.108. The summed E-state index contributed by atoms with van der Waals surface area (Å²) in [5.74, 6) is 0.108. The Hall–Kier alpha value is -1.13. The van der Waals surface area contributed by atoms with Gasteiger partial charge < -0.3 is 5.11 Å². The molecule has 0 fully saturated rings. The highest BCUT2D eigenvalue weighted by molar-refractivity contribution is 8.11. The molecule has 1 aromatic heterocycles. The van der Waals surface area contributed by atoms with Crippen molar-refractivity contribution in [2.45, 2.75) is 6.92 Å². The number of rotatable bonds is 1. The average Bonchev–Trinajstić information content (AvgIpc) is 2.19. The van der Waals surface area contributed by atoms with Crippen LogP contribution in [-0.2, 0) is 0 Å². The van der Waals surface area contributed by atoms with Gasteiger partial charge in [0.15, 0.2) is 5.75 Å². The highest BCUT2D eigenvalue weighted by Crippen LogP contribution is 2.28. The van der Waals surface area contributed by atoms with Crippen LogP contribution in [0.2, 0.25) is 0 Å². The Kier molecular flexibility index (Phi) is 2.63. The fraction of sp³-hybridized carbons (Fsp3) is 0.0909. The molecule has 0 aliphatic carbocycles. The van der Waals surface area contributed by atoms with Gasteiger partial charge in [-0.15, -0.1) is 12.6 Å². The van der Waals surface area contributed by atoms with E-state index in [0.717, 1.165) is 11.1 Å². The fourth-order valence-corrected chi connectivity index (χ4v) is 1.79. The second-order valence-electron chi connectivity index (χ2n) is 3.29. The summed E-state index contributed by atoms with van der Waals surface area (Å²) in [4.78, 5) is 4.27. The molecule has 0 saturated heterocycles. The molecule has 0 radical (unpaired) electrons. The number of pyridine rings is 1. The van der Waals surface area contributed by atoms with Crippen LogP contribution in [0, 0.1) is 6.92 Å². The number of phenols is 1. The van der Waals surface area contributed by atoms with Crippen molar-refractivity contribution < 1.29 is 5.11 Å². The van der Waals surface area contributed by atoms with Crippen molar-refractivity contribution in [3.05, 3.63) is 35.5 Å². The van der Waals surface area contributed by atoms with Crippen molar-refractivity contribution in [1.82, 2.24) is 4.98 Å². The van der Waals surface area contributed by atoms with E-state index in [1.165, 1.54) is 0 Å². The average molecular weight is 235 g/mol. The number of thiocarbonyl (C=S) groups is 1. The van der Waals surface area contributed by atoms with Gasteiger partial charge in [0.25, 0.3) is 0 Å².